The van der Waals surface area contributed by atoms with E-state index >= 15 is 0 Å². The number of para-hydroxylation sites is 1. The van der Waals surface area contributed by atoms with Crippen LogP contribution in [0.15, 0.2) is 84.9 Å². The van der Waals surface area contributed by atoms with Crippen LogP contribution in [-0.4, -0.2) is 22.1 Å². The lowest BCUT2D eigenvalue weighted by Crippen LogP contribution is -2.44. The molecule has 0 bridgehead atoms. The molecule has 3 aromatic carbocycles. The van der Waals surface area contributed by atoms with Gasteiger partial charge in [-0.25, -0.2) is 0 Å². The molecular weight excluding hydrogens is 474 g/mol. The maximum Gasteiger partial charge on any atom is 0.273 e. The first-order valence-electron chi connectivity index (χ1n) is 11.2. The Kier molecular flexibility index (Phi) is 7.41. The van der Waals surface area contributed by atoms with E-state index in [1.165, 1.54) is 4.90 Å². The molecule has 0 fully saturated rings. The fourth-order valence-corrected chi connectivity index (χ4v) is 4.50. The number of nitrogens with two attached hydrogens (primary N) is 2. The monoisotopic (exact) mass is 499 g/mol. The van der Waals surface area contributed by atoms with Crippen LogP contribution in [-0.2, 0) is 11.3 Å². The van der Waals surface area contributed by atoms with Gasteiger partial charge in [0.1, 0.15) is 10.9 Å². The van der Waals surface area contributed by atoms with Crippen LogP contribution < -0.4 is 21.7 Å². The number of aryl methyl sites for hydroxylation is 1. The van der Waals surface area contributed by atoms with Crippen LogP contribution in [0.4, 0.5) is 11.4 Å². The number of aromatic nitrogens is 1. The van der Waals surface area contributed by atoms with Gasteiger partial charge >= 0.3 is 0 Å². The fourth-order valence-electron chi connectivity index (χ4n) is 3.76. The molecule has 9 heteroatoms. The van der Waals surface area contributed by atoms with Crippen molar-refractivity contribution in [2.75, 3.05) is 10.6 Å². The molecule has 1 atom stereocenters. The van der Waals surface area contributed by atoms with Gasteiger partial charge < -0.3 is 16.8 Å². The molecule has 0 spiro atoms. The molecule has 0 saturated carbocycles. The summed E-state index contributed by atoms with van der Waals surface area (Å²) >= 11 is 0.774. The molecule has 0 aliphatic heterocycles. The minimum Gasteiger partial charge on any atom is -0.395 e. The highest BCUT2D eigenvalue weighted by Gasteiger charge is 2.35. The molecule has 5 N–H and O–H groups in total. The van der Waals surface area contributed by atoms with Crippen LogP contribution in [0, 0.1) is 6.92 Å². The van der Waals surface area contributed by atoms with Crippen molar-refractivity contribution in [1.29, 1.82) is 0 Å². The van der Waals surface area contributed by atoms with Gasteiger partial charge in [0.2, 0.25) is 5.91 Å². The quantitative estimate of drug-likeness (QED) is 0.339. The number of nitrogens with one attached hydrogen (secondary N) is 1. The number of hydrogen-bond acceptors (Lipinski definition) is 6. The summed E-state index contributed by atoms with van der Waals surface area (Å²) in [5, 5.41) is 2.96. The van der Waals surface area contributed by atoms with E-state index < -0.39 is 17.9 Å². The van der Waals surface area contributed by atoms with Gasteiger partial charge in [-0.05, 0) is 41.7 Å². The van der Waals surface area contributed by atoms with Crippen molar-refractivity contribution in [3.05, 3.63) is 112 Å². The van der Waals surface area contributed by atoms with Crippen molar-refractivity contribution < 1.29 is 14.4 Å². The third-order valence-corrected chi connectivity index (χ3v) is 6.47. The standard InChI is InChI=1S/C27H25N5O3S/c1-17-12-14-19(15-13-17)23(26(34)30-16-18-8-4-2-5-9-18)32(20-10-6-3-7-11-20)27(35)24-21(28)22(25(29)33)31-36-24/h2-15,23H,16,28H2,1H3,(H2,29,33)(H,30,34)/t23-/m1/s1. The molecule has 8 nitrogen and oxygen atoms in total. The third-order valence-electron chi connectivity index (χ3n) is 5.62. The number of hydrogen-bond donors (Lipinski definition) is 3. The molecule has 1 aromatic heterocycles. The largest absolute Gasteiger partial charge is 0.395 e. The summed E-state index contributed by atoms with van der Waals surface area (Å²) in [6.07, 6.45) is 0. The molecule has 4 aromatic rings. The number of primary amides is 1. The zero-order chi connectivity index (χ0) is 25.7. The highest BCUT2D eigenvalue weighted by molar-refractivity contribution is 7.09. The minimum atomic E-state index is -1.03. The Labute approximate surface area is 212 Å². The Morgan fingerprint density at radius 3 is 2.14 bits per heavy atom. The molecule has 0 aliphatic carbocycles. The Morgan fingerprint density at radius 1 is 0.944 bits per heavy atom. The van der Waals surface area contributed by atoms with E-state index in [4.69, 9.17) is 11.5 Å². The molecule has 0 saturated heterocycles. The van der Waals surface area contributed by atoms with Gasteiger partial charge in [0.25, 0.3) is 11.8 Å². The van der Waals surface area contributed by atoms with E-state index in [0.29, 0.717) is 11.3 Å². The maximum absolute atomic E-state index is 13.9. The summed E-state index contributed by atoms with van der Waals surface area (Å²) < 4.78 is 3.97. The number of amides is 3. The zero-order valence-corrected chi connectivity index (χ0v) is 20.4. The van der Waals surface area contributed by atoms with Crippen LogP contribution in [0.3, 0.4) is 0 Å². The predicted molar refractivity (Wildman–Crippen MR) is 141 cm³/mol. The summed E-state index contributed by atoms with van der Waals surface area (Å²) in [6.45, 7) is 2.23. The van der Waals surface area contributed by atoms with Gasteiger partial charge in [-0.2, -0.15) is 4.37 Å². The van der Waals surface area contributed by atoms with Gasteiger partial charge in [-0.15, -0.1) is 0 Å². The van der Waals surface area contributed by atoms with E-state index in [1.54, 1.807) is 24.3 Å². The van der Waals surface area contributed by atoms with Crippen molar-refractivity contribution >= 4 is 40.6 Å². The van der Waals surface area contributed by atoms with Gasteiger partial charge in [0, 0.05) is 12.2 Å². The van der Waals surface area contributed by atoms with Gasteiger partial charge in [0.05, 0.1) is 5.69 Å². The number of carbonyl (C=O) groups is 3. The second kappa shape index (κ2) is 10.8. The lowest BCUT2D eigenvalue weighted by atomic mass is 10.0. The Morgan fingerprint density at radius 2 is 1.56 bits per heavy atom. The first-order valence-corrected chi connectivity index (χ1v) is 12.0. The van der Waals surface area contributed by atoms with Crippen LogP contribution in [0.1, 0.15) is 42.9 Å². The van der Waals surface area contributed by atoms with Crippen molar-refractivity contribution in [2.24, 2.45) is 5.73 Å². The molecule has 4 rings (SSSR count). The Hall–Kier alpha value is -4.50. The molecule has 3 amide bonds. The molecule has 36 heavy (non-hydrogen) atoms. The highest BCUT2D eigenvalue weighted by atomic mass is 32.1. The smallest absolute Gasteiger partial charge is 0.273 e. The number of rotatable bonds is 8. The van der Waals surface area contributed by atoms with Crippen LogP contribution in [0.25, 0.3) is 0 Å². The highest BCUT2D eigenvalue weighted by Crippen LogP contribution is 2.33. The SMILES string of the molecule is Cc1ccc([C@H](C(=O)NCc2ccccc2)N(C(=O)c2snc(C(N)=O)c2N)c2ccccc2)cc1. The van der Waals surface area contributed by atoms with E-state index in [9.17, 15) is 14.4 Å². The molecule has 182 valence electrons. The fraction of sp³-hybridized carbons (Fsp3) is 0.111. The lowest BCUT2D eigenvalue weighted by molar-refractivity contribution is -0.122. The normalized spacial score (nSPS) is 11.5. The Balaban J connectivity index is 1.80. The molecule has 0 radical (unpaired) electrons. The molecule has 0 unspecified atom stereocenters. The van der Waals surface area contributed by atoms with Gasteiger partial charge in [0.15, 0.2) is 5.69 Å². The predicted octanol–water partition coefficient (Wildman–Crippen LogP) is 3.84. The van der Waals surface area contributed by atoms with E-state index in [0.717, 1.165) is 22.7 Å². The van der Waals surface area contributed by atoms with Crippen LogP contribution in [0.5, 0.6) is 0 Å². The second-order valence-electron chi connectivity index (χ2n) is 8.17. The average molecular weight is 500 g/mol. The zero-order valence-electron chi connectivity index (χ0n) is 19.5. The van der Waals surface area contributed by atoms with Crippen LogP contribution in [0.2, 0.25) is 0 Å². The number of benzene rings is 3. The number of nitrogen functional groups attached to an aromatic ring is 1. The van der Waals surface area contributed by atoms with Crippen molar-refractivity contribution in [2.45, 2.75) is 19.5 Å². The number of nitrogens with zero attached hydrogens (tertiary/aromatic N) is 2. The minimum absolute atomic E-state index is 0.0284. The molecular formula is C27H25N5O3S. The van der Waals surface area contributed by atoms with Gasteiger partial charge in [-0.1, -0.05) is 78.4 Å². The summed E-state index contributed by atoms with van der Waals surface area (Å²) in [7, 11) is 0. The summed E-state index contributed by atoms with van der Waals surface area (Å²) in [5.41, 5.74) is 14.2. The van der Waals surface area contributed by atoms with E-state index in [-0.39, 0.29) is 28.7 Å². The summed E-state index contributed by atoms with van der Waals surface area (Å²) in [4.78, 5) is 40.8. The molecule has 1 heterocycles. The molecule has 0 aliphatic rings. The second-order valence-corrected chi connectivity index (χ2v) is 8.94. The van der Waals surface area contributed by atoms with Crippen molar-refractivity contribution in [3.8, 4) is 0 Å². The van der Waals surface area contributed by atoms with E-state index in [1.807, 2.05) is 67.6 Å². The number of anilines is 2. The average Bonchev–Trinajstić information content (AvgIpc) is 3.29. The summed E-state index contributed by atoms with van der Waals surface area (Å²) in [5.74, 6) is -1.77. The lowest BCUT2D eigenvalue weighted by Gasteiger charge is -2.31. The third kappa shape index (κ3) is 5.26. The summed E-state index contributed by atoms with van der Waals surface area (Å²) in [6, 6.07) is 24.7. The number of carbonyl (C=O) groups excluding carboxylic acids is 3. The maximum atomic E-state index is 13.9. The first-order chi connectivity index (χ1) is 17.4. The van der Waals surface area contributed by atoms with Crippen LogP contribution >= 0.6 is 11.5 Å². The Bertz CT molecular complexity index is 1370. The topological polar surface area (TPSA) is 131 Å². The van der Waals surface area contributed by atoms with E-state index in [2.05, 4.69) is 9.69 Å². The van der Waals surface area contributed by atoms with Crippen molar-refractivity contribution in [1.82, 2.24) is 9.69 Å². The van der Waals surface area contributed by atoms with Gasteiger partial charge in [-0.3, -0.25) is 19.3 Å². The van der Waals surface area contributed by atoms with Crippen molar-refractivity contribution in [3.63, 3.8) is 0 Å². The first kappa shape index (κ1) is 24.6.